The molecule has 0 amide bonds. The molecule has 0 heterocycles. The molecule has 0 aliphatic heterocycles. The lowest BCUT2D eigenvalue weighted by atomic mass is 9.80. The zero-order valence-electron chi connectivity index (χ0n) is 29.5. The van der Waals surface area contributed by atoms with Crippen molar-refractivity contribution in [3.05, 3.63) is 194 Å². The number of rotatable bonds is 2. The van der Waals surface area contributed by atoms with Gasteiger partial charge in [-0.05, 0) is 131 Å². The number of hydrogen-bond donors (Lipinski definition) is 0. The van der Waals surface area contributed by atoms with Gasteiger partial charge in [0.25, 0.3) is 0 Å². The Morgan fingerprint density at radius 2 is 0.519 bits per heavy atom. The first kappa shape index (κ1) is 29.5. The van der Waals surface area contributed by atoms with Crippen molar-refractivity contribution in [2.45, 2.75) is 0 Å². The Bertz CT molecular complexity index is 3550. The van der Waals surface area contributed by atoms with Gasteiger partial charge < -0.3 is 0 Å². The third kappa shape index (κ3) is 4.08. The molecule has 0 unspecified atom stereocenters. The van der Waals surface area contributed by atoms with Crippen molar-refractivity contribution in [3.63, 3.8) is 0 Å². The molecule has 0 spiro atoms. The highest BCUT2D eigenvalue weighted by molar-refractivity contribution is 6.33. The highest BCUT2D eigenvalue weighted by Crippen LogP contribution is 2.51. The normalized spacial score (nSPS) is 12.1. The highest BCUT2D eigenvalue weighted by atomic mass is 14.3. The third-order valence-electron chi connectivity index (χ3n) is 12.0. The van der Waals surface area contributed by atoms with Crippen molar-refractivity contribution in [2.75, 3.05) is 0 Å². The lowest BCUT2D eigenvalue weighted by molar-refractivity contribution is 1.72. The smallest absolute Gasteiger partial charge is 0.00137 e. The second kappa shape index (κ2) is 11.2. The first-order chi connectivity index (χ1) is 26.8. The Kier molecular flexibility index (Phi) is 6.15. The second-order valence-electron chi connectivity index (χ2n) is 14.7. The summed E-state index contributed by atoms with van der Waals surface area (Å²) in [6.45, 7) is 0. The molecule has 0 aromatic heterocycles. The van der Waals surface area contributed by atoms with Crippen LogP contribution in [0.4, 0.5) is 0 Å². The van der Waals surface area contributed by atoms with Gasteiger partial charge in [0, 0.05) is 0 Å². The van der Waals surface area contributed by atoms with E-state index in [4.69, 9.17) is 0 Å². The van der Waals surface area contributed by atoms with E-state index in [0.29, 0.717) is 0 Å². The Morgan fingerprint density at radius 3 is 1.04 bits per heavy atom. The molecular formula is C54H32. The maximum absolute atomic E-state index is 2.49. The van der Waals surface area contributed by atoms with Gasteiger partial charge in [0.05, 0.1) is 0 Å². The van der Waals surface area contributed by atoms with Crippen LogP contribution in [0.2, 0.25) is 0 Å². The Labute approximate surface area is 312 Å². The molecule has 0 fully saturated rings. The van der Waals surface area contributed by atoms with Crippen LogP contribution in [0.25, 0.3) is 119 Å². The number of hydrogen-bond acceptors (Lipinski definition) is 0. The van der Waals surface area contributed by atoms with Gasteiger partial charge in [-0.1, -0.05) is 182 Å². The van der Waals surface area contributed by atoms with E-state index in [-0.39, 0.29) is 0 Å². The van der Waals surface area contributed by atoms with Gasteiger partial charge in [-0.25, -0.2) is 0 Å². The molecule has 0 radical (unpaired) electrons. The Balaban J connectivity index is 1.33. The average molecular weight is 681 g/mol. The van der Waals surface area contributed by atoms with E-state index in [1.807, 2.05) is 0 Å². The molecule has 248 valence electrons. The number of fused-ring (bicyclic) bond motifs is 14. The van der Waals surface area contributed by atoms with E-state index < -0.39 is 0 Å². The minimum absolute atomic E-state index is 1.25. The fraction of sp³-hybridized carbons (Fsp3) is 0. The largest absolute Gasteiger partial charge is 0.0616 e. The third-order valence-corrected chi connectivity index (χ3v) is 12.0. The van der Waals surface area contributed by atoms with Crippen LogP contribution in [0.5, 0.6) is 0 Å². The summed E-state index contributed by atoms with van der Waals surface area (Å²) < 4.78 is 0. The van der Waals surface area contributed by atoms with Crippen molar-refractivity contribution in [1.29, 1.82) is 0 Å². The summed E-state index contributed by atoms with van der Waals surface area (Å²) >= 11 is 0. The summed E-state index contributed by atoms with van der Waals surface area (Å²) in [4.78, 5) is 0. The standard InChI is InChI=1S/C54H32/c1-4-16-36-33(13-1)25-28-43-39-19-7-9-21-41(39)50(31-48(36)43)52-45-23-11-12-24-46(45)54(53-38-18-6-3-15-35(38)27-30-47(52)53)51-32-49-37-17-5-2-14-34(37)26-29-44(49)40-20-8-10-22-42(40)51/h1-32H. The van der Waals surface area contributed by atoms with Crippen molar-refractivity contribution in [2.24, 2.45) is 0 Å². The van der Waals surface area contributed by atoms with Gasteiger partial charge in [0.15, 0.2) is 0 Å². The van der Waals surface area contributed by atoms with Crippen LogP contribution in [0.3, 0.4) is 0 Å². The first-order valence-electron chi connectivity index (χ1n) is 18.9. The molecule has 0 aliphatic carbocycles. The van der Waals surface area contributed by atoms with Crippen LogP contribution in [0, 0.1) is 0 Å². The monoisotopic (exact) mass is 680 g/mol. The molecular weight excluding hydrogens is 649 g/mol. The molecule has 0 bridgehead atoms. The average Bonchev–Trinajstić information content (AvgIpc) is 3.24. The van der Waals surface area contributed by atoms with Gasteiger partial charge in [-0.3, -0.25) is 0 Å². The van der Waals surface area contributed by atoms with E-state index in [1.165, 1.54) is 119 Å². The summed E-state index contributed by atoms with van der Waals surface area (Å²) in [5.41, 5.74) is 5.12. The van der Waals surface area contributed by atoms with E-state index in [1.54, 1.807) is 0 Å². The summed E-state index contributed by atoms with van der Waals surface area (Å²) in [6.07, 6.45) is 0. The second-order valence-corrected chi connectivity index (χ2v) is 14.7. The fourth-order valence-corrected chi connectivity index (χ4v) is 9.65. The predicted molar refractivity (Wildman–Crippen MR) is 235 cm³/mol. The van der Waals surface area contributed by atoms with Crippen molar-refractivity contribution in [3.8, 4) is 22.3 Å². The van der Waals surface area contributed by atoms with Crippen molar-refractivity contribution >= 4 is 97.0 Å². The maximum Gasteiger partial charge on any atom is -0.00137 e. The molecule has 0 aliphatic rings. The minimum Gasteiger partial charge on any atom is -0.0616 e. The van der Waals surface area contributed by atoms with Crippen LogP contribution < -0.4 is 0 Å². The molecule has 0 N–H and O–H groups in total. The predicted octanol–water partition coefficient (Wildman–Crippen LogP) is 15.4. The highest BCUT2D eigenvalue weighted by Gasteiger charge is 2.23. The quantitative estimate of drug-likeness (QED) is 0.126. The molecule has 0 heteroatoms. The van der Waals surface area contributed by atoms with Crippen LogP contribution in [-0.2, 0) is 0 Å². The SMILES string of the molecule is c1ccc2c(c1)ccc1c3ccccc3c(-c3c4ccccc4c(-c4cc5c6ccccc6ccc5c5ccccc45)c4c3ccc3ccccc34)cc21. The van der Waals surface area contributed by atoms with Crippen LogP contribution in [-0.4, -0.2) is 0 Å². The zero-order valence-corrected chi connectivity index (χ0v) is 29.5. The molecule has 0 saturated heterocycles. The lowest BCUT2D eigenvalue weighted by Gasteiger charge is -2.22. The molecule has 0 saturated carbocycles. The van der Waals surface area contributed by atoms with E-state index >= 15 is 0 Å². The van der Waals surface area contributed by atoms with Gasteiger partial charge >= 0.3 is 0 Å². The van der Waals surface area contributed by atoms with Gasteiger partial charge in [-0.2, -0.15) is 0 Å². The van der Waals surface area contributed by atoms with Crippen molar-refractivity contribution in [1.82, 2.24) is 0 Å². The molecule has 54 heavy (non-hydrogen) atoms. The van der Waals surface area contributed by atoms with Crippen molar-refractivity contribution < 1.29 is 0 Å². The van der Waals surface area contributed by atoms with Gasteiger partial charge in [0.2, 0.25) is 0 Å². The topological polar surface area (TPSA) is 0 Å². The van der Waals surface area contributed by atoms with Crippen LogP contribution >= 0.6 is 0 Å². The minimum atomic E-state index is 1.25. The Hall–Kier alpha value is -7.02. The fourth-order valence-electron chi connectivity index (χ4n) is 9.65. The number of benzene rings is 12. The summed E-state index contributed by atoms with van der Waals surface area (Å²) in [7, 11) is 0. The summed E-state index contributed by atoms with van der Waals surface area (Å²) in [6, 6.07) is 72.6. The molecule has 0 atom stereocenters. The van der Waals surface area contributed by atoms with E-state index in [0.717, 1.165) is 0 Å². The molecule has 0 nitrogen and oxygen atoms in total. The van der Waals surface area contributed by atoms with Crippen LogP contribution in [0.1, 0.15) is 0 Å². The lowest BCUT2D eigenvalue weighted by Crippen LogP contribution is -1.94. The maximum atomic E-state index is 2.49. The Morgan fingerprint density at radius 1 is 0.185 bits per heavy atom. The zero-order chi connectivity index (χ0) is 35.3. The van der Waals surface area contributed by atoms with Gasteiger partial charge in [0.1, 0.15) is 0 Å². The first-order valence-corrected chi connectivity index (χ1v) is 18.9. The molecule has 12 aromatic rings. The summed E-state index contributed by atoms with van der Waals surface area (Å²) in [5, 5.41) is 23.0. The molecule has 12 rings (SSSR count). The van der Waals surface area contributed by atoms with E-state index in [2.05, 4.69) is 194 Å². The molecule has 12 aromatic carbocycles. The summed E-state index contributed by atoms with van der Waals surface area (Å²) in [5.74, 6) is 0. The van der Waals surface area contributed by atoms with Crippen LogP contribution in [0.15, 0.2) is 194 Å². The van der Waals surface area contributed by atoms with E-state index in [9.17, 15) is 0 Å². The van der Waals surface area contributed by atoms with Gasteiger partial charge in [-0.15, -0.1) is 0 Å².